The van der Waals surface area contributed by atoms with E-state index in [0.29, 0.717) is 49.1 Å². The van der Waals surface area contributed by atoms with Gasteiger partial charge in [-0.1, -0.05) is 30.3 Å². The van der Waals surface area contributed by atoms with Crippen molar-refractivity contribution in [2.75, 3.05) is 18.4 Å². The third-order valence-corrected chi connectivity index (χ3v) is 9.79. The number of rotatable bonds is 6. The fraction of sp³-hybridized carbons (Fsp3) is 0.545. The fourth-order valence-corrected chi connectivity index (χ4v) is 7.70. The SMILES string of the molecule is CC(C)(C)OC(=O)NCc1cccc(C2CCN(C(=O)c3cccc(NC(=O)C4CC5CC56C(O)C(O)C46)c3)CC2)c1. The number of benzene rings is 2. The Morgan fingerprint density at radius 2 is 1.79 bits per heavy atom. The van der Waals surface area contributed by atoms with Crippen LogP contribution in [0.1, 0.15) is 73.9 Å². The summed E-state index contributed by atoms with van der Waals surface area (Å²) in [6, 6.07) is 15.3. The van der Waals surface area contributed by atoms with Gasteiger partial charge in [-0.05, 0) is 87.6 Å². The summed E-state index contributed by atoms with van der Waals surface area (Å²) in [6.45, 7) is 7.15. The van der Waals surface area contributed by atoms with E-state index in [2.05, 4.69) is 22.8 Å². The minimum absolute atomic E-state index is 0.0570. The third kappa shape index (κ3) is 5.28. The summed E-state index contributed by atoms with van der Waals surface area (Å²) in [7, 11) is 0. The van der Waals surface area contributed by atoms with Gasteiger partial charge in [0.25, 0.3) is 5.91 Å². The van der Waals surface area contributed by atoms with Gasteiger partial charge in [0.05, 0.1) is 12.2 Å². The molecule has 1 heterocycles. The molecule has 0 aromatic heterocycles. The van der Waals surface area contributed by atoms with Gasteiger partial charge in [0.2, 0.25) is 5.91 Å². The lowest BCUT2D eigenvalue weighted by Gasteiger charge is -2.47. The molecule has 224 valence electrons. The number of hydrogen-bond acceptors (Lipinski definition) is 6. The largest absolute Gasteiger partial charge is 0.444 e. The second kappa shape index (κ2) is 10.7. The van der Waals surface area contributed by atoms with Crippen LogP contribution in [-0.2, 0) is 16.1 Å². The van der Waals surface area contributed by atoms with Crippen molar-refractivity contribution in [2.24, 2.45) is 23.2 Å². The first kappa shape index (κ1) is 28.7. The first-order valence-electron chi connectivity index (χ1n) is 15.1. The summed E-state index contributed by atoms with van der Waals surface area (Å²) in [4.78, 5) is 40.4. The van der Waals surface area contributed by atoms with Crippen molar-refractivity contribution >= 4 is 23.6 Å². The highest BCUT2D eigenvalue weighted by Crippen LogP contribution is 2.77. The lowest BCUT2D eigenvalue weighted by atomic mass is 9.62. The summed E-state index contributed by atoms with van der Waals surface area (Å²) in [6.07, 6.45) is 1.29. The normalized spacial score (nSPS) is 30.0. The second-order valence-corrected chi connectivity index (χ2v) is 13.6. The summed E-state index contributed by atoms with van der Waals surface area (Å²) >= 11 is 0. The number of nitrogens with one attached hydrogen (secondary N) is 2. The molecule has 3 amide bonds. The predicted molar refractivity (Wildman–Crippen MR) is 157 cm³/mol. The van der Waals surface area contributed by atoms with E-state index in [9.17, 15) is 24.6 Å². The maximum absolute atomic E-state index is 13.4. The molecule has 1 aliphatic heterocycles. The van der Waals surface area contributed by atoms with Gasteiger partial charge in [0.15, 0.2) is 0 Å². The number of ether oxygens (including phenoxy) is 1. The maximum Gasteiger partial charge on any atom is 0.407 e. The van der Waals surface area contributed by atoms with Crippen LogP contribution in [0, 0.1) is 23.2 Å². The van der Waals surface area contributed by atoms with Crippen molar-refractivity contribution in [3.63, 3.8) is 0 Å². The number of carbonyl (C=O) groups is 3. The minimum Gasteiger partial charge on any atom is -0.444 e. The highest BCUT2D eigenvalue weighted by molar-refractivity contribution is 5.98. The molecule has 2 aromatic carbocycles. The molecule has 6 rings (SSSR count). The Morgan fingerprint density at radius 1 is 1.05 bits per heavy atom. The molecule has 0 radical (unpaired) electrons. The van der Waals surface area contributed by atoms with E-state index in [0.717, 1.165) is 24.8 Å². The number of nitrogens with zero attached hydrogens (tertiary/aromatic N) is 1. The van der Waals surface area contributed by atoms with E-state index in [4.69, 9.17) is 4.74 Å². The topological polar surface area (TPSA) is 128 Å². The van der Waals surface area contributed by atoms with Gasteiger partial charge in [-0.2, -0.15) is 0 Å². The van der Waals surface area contributed by atoms with E-state index < -0.39 is 23.9 Å². The van der Waals surface area contributed by atoms with Gasteiger partial charge in [0, 0.05) is 48.1 Å². The van der Waals surface area contributed by atoms with Gasteiger partial charge in [0.1, 0.15) is 5.60 Å². The molecule has 1 spiro atoms. The predicted octanol–water partition coefficient (Wildman–Crippen LogP) is 4.05. The van der Waals surface area contributed by atoms with Gasteiger partial charge in [-0.25, -0.2) is 4.79 Å². The van der Waals surface area contributed by atoms with Gasteiger partial charge in [-0.3, -0.25) is 9.59 Å². The number of likely N-dealkylation sites (tertiary alicyclic amines) is 1. The number of carbonyl (C=O) groups excluding carboxylic acids is 3. The molecule has 9 nitrogen and oxygen atoms in total. The van der Waals surface area contributed by atoms with Crippen LogP contribution in [0.4, 0.5) is 10.5 Å². The van der Waals surface area contributed by atoms with E-state index in [1.165, 1.54) is 5.56 Å². The van der Waals surface area contributed by atoms with Crippen LogP contribution in [-0.4, -0.2) is 63.9 Å². The molecule has 4 fully saturated rings. The molecule has 42 heavy (non-hydrogen) atoms. The molecule has 3 aliphatic carbocycles. The quantitative estimate of drug-likeness (QED) is 0.412. The lowest BCUT2D eigenvalue weighted by Crippen LogP contribution is -2.59. The van der Waals surface area contributed by atoms with Crippen LogP contribution in [0.25, 0.3) is 0 Å². The van der Waals surface area contributed by atoms with Gasteiger partial charge >= 0.3 is 6.09 Å². The number of alkyl carbamates (subject to hydrolysis) is 1. The van der Waals surface area contributed by atoms with Crippen molar-refractivity contribution in [3.8, 4) is 0 Å². The standard InChI is InChI=1S/C33H41N3O6/c1-32(2,3)42-31(41)34-18-19-6-4-7-21(14-19)20-10-12-36(13-11-20)30(40)22-8-5-9-24(15-22)35-29(39)25-16-23-17-33(23)26(25)27(37)28(33)38/h4-9,14-15,20,23,25-28,37-38H,10-13,16-18H2,1-3H3,(H,34,41)(H,35,39). The molecule has 6 atom stereocenters. The molecular formula is C33H41N3O6. The molecule has 4 N–H and O–H groups in total. The van der Waals surface area contributed by atoms with Crippen molar-refractivity contribution < 1.29 is 29.3 Å². The van der Waals surface area contributed by atoms with E-state index >= 15 is 0 Å². The summed E-state index contributed by atoms with van der Waals surface area (Å²) in [5.41, 5.74) is 2.52. The van der Waals surface area contributed by atoms with E-state index in [1.807, 2.05) is 37.8 Å². The first-order chi connectivity index (χ1) is 20.0. The molecule has 1 saturated heterocycles. The molecule has 4 aliphatic rings. The average molecular weight is 576 g/mol. The summed E-state index contributed by atoms with van der Waals surface area (Å²) < 4.78 is 5.32. The number of aliphatic hydroxyl groups is 2. The molecule has 2 aromatic rings. The van der Waals surface area contributed by atoms with E-state index in [-0.39, 0.29) is 29.1 Å². The van der Waals surface area contributed by atoms with Crippen LogP contribution in [0.15, 0.2) is 48.5 Å². The highest BCUT2D eigenvalue weighted by atomic mass is 16.6. The fourth-order valence-electron chi connectivity index (χ4n) is 7.70. The van der Waals surface area contributed by atoms with Crippen LogP contribution in [0.5, 0.6) is 0 Å². The Morgan fingerprint density at radius 3 is 2.52 bits per heavy atom. The zero-order chi connectivity index (χ0) is 29.8. The van der Waals surface area contributed by atoms with Crippen LogP contribution >= 0.6 is 0 Å². The Labute approximate surface area is 246 Å². The van der Waals surface area contributed by atoms with Crippen molar-refractivity contribution in [3.05, 3.63) is 65.2 Å². The Kier molecular flexibility index (Phi) is 7.30. The number of aliphatic hydroxyl groups excluding tert-OH is 2. The highest BCUT2D eigenvalue weighted by Gasteiger charge is 2.80. The van der Waals surface area contributed by atoms with Crippen molar-refractivity contribution in [1.29, 1.82) is 0 Å². The van der Waals surface area contributed by atoms with Crippen molar-refractivity contribution in [1.82, 2.24) is 10.2 Å². The molecule has 6 unspecified atom stereocenters. The second-order valence-electron chi connectivity index (χ2n) is 13.6. The zero-order valence-corrected chi connectivity index (χ0v) is 24.5. The first-order valence-corrected chi connectivity index (χ1v) is 15.1. The molecule has 3 saturated carbocycles. The Bertz CT molecular complexity index is 1380. The monoisotopic (exact) mass is 575 g/mol. The molecular weight excluding hydrogens is 534 g/mol. The zero-order valence-electron chi connectivity index (χ0n) is 24.5. The van der Waals surface area contributed by atoms with E-state index in [1.54, 1.807) is 24.3 Å². The van der Waals surface area contributed by atoms with Gasteiger partial charge < -0.3 is 30.5 Å². The minimum atomic E-state index is -0.833. The lowest BCUT2D eigenvalue weighted by molar-refractivity contribution is -0.179. The summed E-state index contributed by atoms with van der Waals surface area (Å²) in [5.74, 6) is -0.0473. The molecule has 0 bridgehead atoms. The number of piperidine rings is 1. The third-order valence-electron chi connectivity index (χ3n) is 9.79. The summed E-state index contributed by atoms with van der Waals surface area (Å²) in [5, 5.41) is 26.3. The van der Waals surface area contributed by atoms with Crippen molar-refractivity contribution in [2.45, 2.75) is 76.7 Å². The van der Waals surface area contributed by atoms with Crippen LogP contribution < -0.4 is 10.6 Å². The van der Waals surface area contributed by atoms with Crippen LogP contribution in [0.2, 0.25) is 0 Å². The number of amides is 3. The van der Waals surface area contributed by atoms with Crippen LogP contribution in [0.3, 0.4) is 0 Å². The average Bonchev–Trinajstić information content (AvgIpc) is 3.63. The molecule has 9 heteroatoms. The Hall–Kier alpha value is -3.43. The number of anilines is 1. The smallest absolute Gasteiger partial charge is 0.407 e. The number of hydrogen-bond donors (Lipinski definition) is 4. The van der Waals surface area contributed by atoms with Gasteiger partial charge in [-0.15, -0.1) is 0 Å². The maximum atomic E-state index is 13.4. The Balaban J connectivity index is 1.01.